The number of nitrogens with zero attached hydrogens (tertiary/aromatic N) is 2. The van der Waals surface area contributed by atoms with Crippen molar-refractivity contribution in [2.45, 2.75) is 31.8 Å². The Bertz CT molecular complexity index is 1270. The van der Waals surface area contributed by atoms with E-state index in [1.54, 1.807) is 36.2 Å². The van der Waals surface area contributed by atoms with Crippen LogP contribution >= 0.6 is 0 Å². The Kier molecular flexibility index (Phi) is 10.7. The lowest BCUT2D eigenvalue weighted by Crippen LogP contribution is -3.00. The molecule has 0 radical (unpaired) electrons. The number of carbonyl (C=O) groups excluding carboxylic acids is 3. The van der Waals surface area contributed by atoms with Gasteiger partial charge in [-0.05, 0) is 47.9 Å². The van der Waals surface area contributed by atoms with Crippen LogP contribution in [0, 0.1) is 0 Å². The number of nitrogens with one attached hydrogen (secondary N) is 1. The summed E-state index contributed by atoms with van der Waals surface area (Å²) in [5.41, 5.74) is 4.78. The Hall–Kier alpha value is -3.24. The van der Waals surface area contributed by atoms with Gasteiger partial charge >= 0.3 is 6.09 Å². The van der Waals surface area contributed by atoms with Crippen molar-refractivity contribution in [3.63, 3.8) is 0 Å². The smallest absolute Gasteiger partial charge is 0.411 e. The first kappa shape index (κ1) is 30.3. The zero-order valence-corrected chi connectivity index (χ0v) is 24.9. The van der Waals surface area contributed by atoms with Gasteiger partial charge in [0.25, 0.3) is 0 Å². The largest absolute Gasteiger partial charge is 1.00 e. The molecule has 1 aliphatic rings. The Morgan fingerprint density at radius 2 is 1.67 bits per heavy atom. The molecular weight excluding hydrogens is 605 g/mol. The van der Waals surface area contributed by atoms with Crippen molar-refractivity contribution in [3.05, 3.63) is 83.9 Å². The Morgan fingerprint density at radius 3 is 2.31 bits per heavy atom. The Balaban J connectivity index is 0.00000420. The molecule has 0 aromatic heterocycles. The van der Waals surface area contributed by atoms with E-state index < -0.39 is 6.09 Å². The summed E-state index contributed by atoms with van der Waals surface area (Å²) in [4.78, 5) is 38.2. The van der Waals surface area contributed by atoms with E-state index in [0.29, 0.717) is 24.1 Å². The number of rotatable bonds is 8. The van der Waals surface area contributed by atoms with Crippen LogP contribution in [0.15, 0.2) is 72.8 Å². The average molecular weight is 642 g/mol. The van der Waals surface area contributed by atoms with Gasteiger partial charge in [-0.3, -0.25) is 14.9 Å². The number of benzene rings is 3. The summed E-state index contributed by atoms with van der Waals surface area (Å²) in [5, 5.41) is 2.97. The number of piperidine rings is 1. The van der Waals surface area contributed by atoms with Gasteiger partial charge in [-0.2, -0.15) is 0 Å². The normalized spacial score (nSPS) is 14.5. The van der Waals surface area contributed by atoms with Crippen molar-refractivity contribution in [1.29, 1.82) is 0 Å². The molecule has 1 heterocycles. The minimum absolute atomic E-state index is 0. The third kappa shape index (κ3) is 8.37. The number of quaternary nitrogens is 1. The topological polar surface area (TPSA) is 75.7 Å². The first-order valence-corrected chi connectivity index (χ1v) is 13.0. The molecule has 206 valence electrons. The number of ether oxygens (including phenoxy) is 1. The van der Waals surface area contributed by atoms with Crippen molar-refractivity contribution in [2.75, 3.05) is 44.4 Å². The molecule has 0 bridgehead atoms. The van der Waals surface area contributed by atoms with Gasteiger partial charge in [-0.1, -0.05) is 42.5 Å². The maximum Gasteiger partial charge on any atom is 0.411 e. The Morgan fingerprint density at radius 1 is 1.00 bits per heavy atom. The summed E-state index contributed by atoms with van der Waals surface area (Å²) < 4.78 is 6.72. The maximum atomic E-state index is 12.9. The quantitative estimate of drug-likeness (QED) is 0.233. The first-order valence-electron chi connectivity index (χ1n) is 13.0. The number of hydrogen-bond donors (Lipinski definition) is 1. The van der Waals surface area contributed by atoms with Crippen molar-refractivity contribution < 1.29 is 47.6 Å². The van der Waals surface area contributed by atoms with E-state index in [4.69, 9.17) is 4.74 Å². The van der Waals surface area contributed by atoms with Crippen molar-refractivity contribution in [1.82, 2.24) is 0 Å². The molecule has 1 saturated heterocycles. The zero-order chi connectivity index (χ0) is 27.1. The fraction of sp³-hybridized carbons (Fsp3) is 0.323. The fourth-order valence-corrected chi connectivity index (χ4v) is 4.71. The van der Waals surface area contributed by atoms with Crippen LogP contribution in [0.25, 0.3) is 11.1 Å². The molecule has 7 nitrogen and oxygen atoms in total. The lowest BCUT2D eigenvalue weighted by Gasteiger charge is -2.36. The SMILES string of the molecule is CN(C(=O)CCc1ccc(-c2ccccc2)c(NC(=O)OC2CC[N+](C)(C)CC2)c1)c1ccc(C=O)cc1.[I-]. The predicted molar refractivity (Wildman–Crippen MR) is 150 cm³/mol. The average Bonchev–Trinajstić information content (AvgIpc) is 2.93. The number of likely N-dealkylation sites (tertiary alicyclic amines) is 1. The maximum absolute atomic E-state index is 12.9. The molecule has 1 aliphatic heterocycles. The molecule has 39 heavy (non-hydrogen) atoms. The number of hydrogen-bond acceptors (Lipinski definition) is 4. The lowest BCUT2D eigenvalue weighted by atomic mass is 9.99. The summed E-state index contributed by atoms with van der Waals surface area (Å²) >= 11 is 0. The van der Waals surface area contributed by atoms with Crippen LogP contribution in [0.4, 0.5) is 16.2 Å². The zero-order valence-electron chi connectivity index (χ0n) is 22.7. The number of anilines is 2. The minimum atomic E-state index is -0.453. The van der Waals surface area contributed by atoms with E-state index in [1.807, 2.05) is 48.5 Å². The molecule has 0 saturated carbocycles. The molecule has 0 aliphatic carbocycles. The van der Waals surface area contributed by atoms with Crippen molar-refractivity contribution in [2.24, 2.45) is 0 Å². The third-order valence-corrected chi connectivity index (χ3v) is 7.21. The number of carbonyl (C=O) groups is 3. The second-order valence-electron chi connectivity index (χ2n) is 10.5. The number of halogens is 1. The minimum Gasteiger partial charge on any atom is -1.00 e. The molecule has 1 fully saturated rings. The molecule has 1 N–H and O–H groups in total. The van der Waals surface area contributed by atoms with E-state index >= 15 is 0 Å². The highest BCUT2D eigenvalue weighted by molar-refractivity contribution is 5.94. The molecular formula is C31H36IN3O4. The van der Waals surface area contributed by atoms with Crippen LogP contribution < -0.4 is 34.2 Å². The van der Waals surface area contributed by atoms with Gasteiger partial charge in [0.05, 0.1) is 32.9 Å². The summed E-state index contributed by atoms with van der Waals surface area (Å²) in [5.74, 6) is -0.0384. The second kappa shape index (κ2) is 13.7. The van der Waals surface area contributed by atoms with Crippen LogP contribution in [-0.2, 0) is 16.0 Å². The monoisotopic (exact) mass is 641 g/mol. The molecule has 0 spiro atoms. The van der Waals surface area contributed by atoms with Gasteiger partial charge in [-0.25, -0.2) is 4.79 Å². The van der Waals surface area contributed by atoms with Gasteiger partial charge < -0.3 is 38.1 Å². The highest BCUT2D eigenvalue weighted by atomic mass is 127. The predicted octanol–water partition coefficient (Wildman–Crippen LogP) is 2.55. The van der Waals surface area contributed by atoms with E-state index in [2.05, 4.69) is 19.4 Å². The van der Waals surface area contributed by atoms with E-state index in [1.165, 1.54) is 0 Å². The van der Waals surface area contributed by atoms with Crippen molar-refractivity contribution >= 4 is 29.7 Å². The second-order valence-corrected chi connectivity index (χ2v) is 10.5. The number of aryl methyl sites for hydroxylation is 1. The molecule has 3 aromatic rings. The van der Waals surface area contributed by atoms with Gasteiger partial charge in [0.15, 0.2) is 0 Å². The van der Waals surface area contributed by atoms with Crippen LogP contribution in [0.1, 0.15) is 35.2 Å². The van der Waals surface area contributed by atoms with Gasteiger partial charge in [0.2, 0.25) is 5.91 Å². The molecule has 0 unspecified atom stereocenters. The van der Waals surface area contributed by atoms with Gasteiger partial charge in [0.1, 0.15) is 12.4 Å². The van der Waals surface area contributed by atoms with E-state index in [9.17, 15) is 14.4 Å². The Labute approximate surface area is 247 Å². The summed E-state index contributed by atoms with van der Waals surface area (Å²) in [6.45, 7) is 1.96. The van der Waals surface area contributed by atoms with E-state index in [0.717, 1.165) is 59.1 Å². The van der Waals surface area contributed by atoms with Gasteiger partial charge in [0, 0.05) is 43.1 Å². The van der Waals surface area contributed by atoms with Crippen LogP contribution in [0.2, 0.25) is 0 Å². The highest BCUT2D eigenvalue weighted by Crippen LogP contribution is 2.30. The van der Waals surface area contributed by atoms with Gasteiger partial charge in [-0.15, -0.1) is 0 Å². The summed E-state index contributed by atoms with van der Waals surface area (Å²) in [6, 6.07) is 22.7. The molecule has 8 heteroatoms. The van der Waals surface area contributed by atoms with Crippen LogP contribution in [-0.4, -0.2) is 63.1 Å². The molecule has 4 rings (SSSR count). The molecule has 0 atom stereocenters. The number of amides is 2. The molecule has 3 aromatic carbocycles. The van der Waals surface area contributed by atoms with E-state index in [-0.39, 0.29) is 36.0 Å². The van der Waals surface area contributed by atoms with Crippen molar-refractivity contribution in [3.8, 4) is 11.1 Å². The first-order chi connectivity index (χ1) is 18.2. The van der Waals surface area contributed by atoms with Crippen LogP contribution in [0.3, 0.4) is 0 Å². The standard InChI is InChI=1S/C31H35N3O4.HI/c1-33(26-13-9-24(22-35)10-14-26)30(36)16-12-23-11-15-28(25-7-5-4-6-8-25)29(21-23)32-31(37)38-27-17-19-34(2,3)20-18-27;/h4-11,13-15,21-22,27H,12,16-20H2,1-3H3;1H. The molecule has 2 amide bonds. The number of aldehydes is 1. The fourth-order valence-electron chi connectivity index (χ4n) is 4.71. The third-order valence-electron chi connectivity index (χ3n) is 7.21. The highest BCUT2D eigenvalue weighted by Gasteiger charge is 2.28. The summed E-state index contributed by atoms with van der Waals surface area (Å²) in [7, 11) is 6.12. The van der Waals surface area contributed by atoms with Crippen LogP contribution in [0.5, 0.6) is 0 Å². The lowest BCUT2D eigenvalue weighted by molar-refractivity contribution is -0.896. The summed E-state index contributed by atoms with van der Waals surface area (Å²) in [6.07, 6.45) is 2.75.